The topological polar surface area (TPSA) is 43.6 Å². The Morgan fingerprint density at radius 3 is 2.79 bits per heavy atom. The number of fused-ring (bicyclic) bond motifs is 1. The molecule has 0 unspecified atom stereocenters. The molecule has 1 heterocycles. The Kier molecular flexibility index (Phi) is 8.00. The minimum atomic E-state index is -0.151. The highest BCUT2D eigenvalue weighted by Gasteiger charge is 2.12. The maximum Gasteiger partial charge on any atom is 0.249 e. The van der Waals surface area contributed by atoms with Crippen LogP contribution in [0.4, 0.5) is 0 Å². The Hall–Kier alpha value is -1.31. The molecule has 8 heteroatoms. The number of carbonyl (C=O) groups is 1. The number of ether oxygens (including phenoxy) is 1. The minimum absolute atomic E-state index is 0.151. The van der Waals surface area contributed by atoms with E-state index in [1.165, 1.54) is 11.3 Å². The second-order valence-corrected chi connectivity index (χ2v) is 8.91. The molecule has 0 radical (unpaired) electrons. The van der Waals surface area contributed by atoms with Crippen LogP contribution in [0.5, 0.6) is 0 Å². The van der Waals surface area contributed by atoms with Crippen molar-refractivity contribution in [3.05, 3.63) is 57.3 Å². The van der Waals surface area contributed by atoms with E-state index in [0.717, 1.165) is 15.1 Å². The largest absolute Gasteiger partial charge is 0.380 e. The van der Waals surface area contributed by atoms with Gasteiger partial charge in [0.1, 0.15) is 0 Å². The maximum atomic E-state index is 12.4. The van der Waals surface area contributed by atoms with Crippen LogP contribution in [-0.2, 0) is 16.1 Å². The number of thioether (sulfide) groups is 1. The van der Waals surface area contributed by atoms with E-state index < -0.39 is 0 Å². The molecule has 148 valence electrons. The molecule has 0 aliphatic carbocycles. The number of amides is 1. The molecular weight excluding hydrogens is 435 g/mol. The fraction of sp³-hybridized carbons (Fsp3) is 0.300. The molecule has 0 aliphatic heterocycles. The van der Waals surface area contributed by atoms with Gasteiger partial charge in [-0.05, 0) is 31.2 Å². The third-order valence-electron chi connectivity index (χ3n) is 3.91. The van der Waals surface area contributed by atoms with Crippen LogP contribution in [0.3, 0.4) is 0 Å². The van der Waals surface area contributed by atoms with Gasteiger partial charge in [-0.3, -0.25) is 4.79 Å². The summed E-state index contributed by atoms with van der Waals surface area (Å²) >= 11 is 15.6. The highest BCUT2D eigenvalue weighted by molar-refractivity contribution is 7.99. The first-order valence-corrected chi connectivity index (χ1v) is 11.5. The molecule has 2 aromatic carbocycles. The van der Waals surface area contributed by atoms with E-state index in [4.69, 9.17) is 27.9 Å². The van der Waals surface area contributed by atoms with Gasteiger partial charge in [-0.1, -0.05) is 52.7 Å². The molecule has 0 saturated heterocycles. The normalized spacial score (nSPS) is 12.0. The first-order chi connectivity index (χ1) is 13.6. The van der Waals surface area contributed by atoms with Crippen molar-refractivity contribution in [2.75, 3.05) is 19.0 Å². The van der Waals surface area contributed by atoms with Crippen LogP contribution >= 0.6 is 46.3 Å². The van der Waals surface area contributed by atoms with Gasteiger partial charge in [0.15, 0.2) is 4.80 Å². The number of thiazole rings is 1. The van der Waals surface area contributed by atoms with Crippen molar-refractivity contribution in [1.29, 1.82) is 0 Å². The molecule has 0 saturated carbocycles. The van der Waals surface area contributed by atoms with Crippen LogP contribution in [-0.4, -0.2) is 29.4 Å². The van der Waals surface area contributed by atoms with Crippen molar-refractivity contribution in [3.8, 4) is 0 Å². The number of hydrogen-bond donors (Lipinski definition) is 0. The maximum absolute atomic E-state index is 12.4. The lowest BCUT2D eigenvalue weighted by Gasteiger charge is -2.07. The third kappa shape index (κ3) is 5.61. The highest BCUT2D eigenvalue weighted by atomic mass is 35.5. The van der Waals surface area contributed by atoms with Crippen LogP contribution < -0.4 is 4.80 Å². The summed E-state index contributed by atoms with van der Waals surface area (Å²) in [7, 11) is 0. The standard InChI is InChI=1S/C20H20Cl2N2O2S2/c1-2-26-10-9-24-19-16(22)12-14(21)13-17(19)28-20(24)23-18(25)8-11-27-15-6-4-3-5-7-15/h3-7,12-13H,2,8-11H2,1H3. The smallest absolute Gasteiger partial charge is 0.249 e. The molecule has 0 fully saturated rings. The van der Waals surface area contributed by atoms with Gasteiger partial charge < -0.3 is 9.30 Å². The molecule has 4 nitrogen and oxygen atoms in total. The van der Waals surface area contributed by atoms with Crippen molar-refractivity contribution in [2.24, 2.45) is 4.99 Å². The Bertz CT molecular complexity index is 1020. The number of benzene rings is 2. The number of nitrogens with zero attached hydrogens (tertiary/aromatic N) is 2. The summed E-state index contributed by atoms with van der Waals surface area (Å²) in [6, 6.07) is 13.6. The summed E-state index contributed by atoms with van der Waals surface area (Å²) in [5.41, 5.74) is 0.834. The first-order valence-electron chi connectivity index (χ1n) is 8.90. The number of rotatable bonds is 8. The SMILES string of the molecule is CCOCCn1c(=NC(=O)CCSc2ccccc2)sc2cc(Cl)cc(Cl)c21. The molecule has 3 aromatic rings. The van der Waals surface area contributed by atoms with E-state index in [-0.39, 0.29) is 5.91 Å². The zero-order valence-corrected chi connectivity index (χ0v) is 18.5. The fourth-order valence-electron chi connectivity index (χ4n) is 2.66. The Morgan fingerprint density at radius 1 is 1.25 bits per heavy atom. The van der Waals surface area contributed by atoms with E-state index >= 15 is 0 Å². The zero-order chi connectivity index (χ0) is 19.9. The molecule has 0 spiro atoms. The summed E-state index contributed by atoms with van der Waals surface area (Å²) in [6.07, 6.45) is 0.369. The first kappa shape index (κ1) is 21.4. The Labute approximate surface area is 182 Å². The molecule has 1 aromatic heterocycles. The highest BCUT2D eigenvalue weighted by Crippen LogP contribution is 2.29. The molecule has 0 bridgehead atoms. The lowest BCUT2D eigenvalue weighted by molar-refractivity contribution is -0.117. The summed E-state index contributed by atoms with van der Waals surface area (Å²) in [4.78, 5) is 18.5. The predicted molar refractivity (Wildman–Crippen MR) is 119 cm³/mol. The van der Waals surface area contributed by atoms with E-state index in [1.54, 1.807) is 17.8 Å². The molecule has 0 atom stereocenters. The lowest BCUT2D eigenvalue weighted by atomic mass is 10.3. The molecular formula is C20H20Cl2N2O2S2. The van der Waals surface area contributed by atoms with Gasteiger partial charge in [-0.25, -0.2) is 0 Å². The minimum Gasteiger partial charge on any atom is -0.380 e. The van der Waals surface area contributed by atoms with Crippen LogP contribution in [0, 0.1) is 0 Å². The number of carbonyl (C=O) groups excluding carboxylic acids is 1. The van der Waals surface area contributed by atoms with E-state index in [9.17, 15) is 4.79 Å². The van der Waals surface area contributed by atoms with Crippen molar-refractivity contribution in [3.63, 3.8) is 0 Å². The second-order valence-electron chi connectivity index (χ2n) is 5.88. The second kappa shape index (κ2) is 10.5. The van der Waals surface area contributed by atoms with Crippen molar-refractivity contribution in [2.45, 2.75) is 24.8 Å². The zero-order valence-electron chi connectivity index (χ0n) is 15.4. The summed E-state index contributed by atoms with van der Waals surface area (Å²) in [6.45, 7) is 3.67. The van der Waals surface area contributed by atoms with Crippen molar-refractivity contribution < 1.29 is 9.53 Å². The van der Waals surface area contributed by atoms with Crippen LogP contribution in [0.1, 0.15) is 13.3 Å². The number of halogens is 2. The monoisotopic (exact) mass is 454 g/mol. The number of hydrogen-bond acceptors (Lipinski definition) is 4. The molecule has 1 amide bonds. The van der Waals surface area contributed by atoms with Gasteiger partial charge in [0.2, 0.25) is 5.91 Å². The van der Waals surface area contributed by atoms with Gasteiger partial charge in [0.25, 0.3) is 0 Å². The Morgan fingerprint density at radius 2 is 2.04 bits per heavy atom. The summed E-state index contributed by atoms with van der Waals surface area (Å²) in [5.74, 6) is 0.533. The molecule has 3 rings (SSSR count). The third-order valence-corrected chi connectivity index (χ3v) is 6.45. The van der Waals surface area contributed by atoms with Gasteiger partial charge in [-0.2, -0.15) is 4.99 Å². The summed E-state index contributed by atoms with van der Waals surface area (Å²) < 4.78 is 8.32. The van der Waals surface area contributed by atoms with Gasteiger partial charge in [0, 0.05) is 35.2 Å². The molecule has 0 aliphatic rings. The quantitative estimate of drug-likeness (QED) is 0.325. The lowest BCUT2D eigenvalue weighted by Crippen LogP contribution is -2.20. The van der Waals surface area contributed by atoms with Crippen LogP contribution in [0.25, 0.3) is 10.2 Å². The predicted octanol–water partition coefficient (Wildman–Crippen LogP) is 5.66. The average molecular weight is 455 g/mol. The Balaban J connectivity index is 1.82. The van der Waals surface area contributed by atoms with Crippen LogP contribution in [0.15, 0.2) is 52.4 Å². The molecule has 28 heavy (non-hydrogen) atoms. The van der Waals surface area contributed by atoms with Crippen molar-refractivity contribution >= 4 is 62.4 Å². The van der Waals surface area contributed by atoms with E-state index in [0.29, 0.717) is 46.8 Å². The van der Waals surface area contributed by atoms with Crippen molar-refractivity contribution in [1.82, 2.24) is 4.57 Å². The van der Waals surface area contributed by atoms with Crippen LogP contribution in [0.2, 0.25) is 10.0 Å². The fourth-order valence-corrected chi connectivity index (χ4v) is 5.38. The van der Waals surface area contributed by atoms with Gasteiger partial charge in [-0.15, -0.1) is 11.8 Å². The molecule has 0 N–H and O–H groups in total. The number of aromatic nitrogens is 1. The van der Waals surface area contributed by atoms with E-state index in [1.807, 2.05) is 47.9 Å². The average Bonchev–Trinajstić information content (AvgIpc) is 3.00. The van der Waals surface area contributed by atoms with Gasteiger partial charge in [0.05, 0.1) is 21.8 Å². The summed E-state index contributed by atoms with van der Waals surface area (Å²) in [5, 5.41) is 1.11. The van der Waals surface area contributed by atoms with E-state index in [2.05, 4.69) is 4.99 Å². The van der Waals surface area contributed by atoms with Gasteiger partial charge >= 0.3 is 0 Å².